The van der Waals surface area contributed by atoms with Crippen molar-refractivity contribution in [2.45, 2.75) is 32.2 Å². The van der Waals surface area contributed by atoms with Gasteiger partial charge in [-0.25, -0.2) is 4.79 Å². The van der Waals surface area contributed by atoms with E-state index in [-0.39, 0.29) is 17.9 Å². The highest BCUT2D eigenvalue weighted by Gasteiger charge is 2.18. The second-order valence-electron chi connectivity index (χ2n) is 5.06. The first-order chi connectivity index (χ1) is 9.60. The Morgan fingerprint density at radius 3 is 3.00 bits per heavy atom. The lowest BCUT2D eigenvalue weighted by Gasteiger charge is -2.19. The number of rotatable bonds is 3. The lowest BCUT2D eigenvalue weighted by molar-refractivity contribution is -0.120. The molecule has 1 aliphatic heterocycles. The summed E-state index contributed by atoms with van der Waals surface area (Å²) in [5, 5.41) is 6.23. The molecule has 1 fully saturated rings. The van der Waals surface area contributed by atoms with Gasteiger partial charge in [0.25, 0.3) is 0 Å². The minimum atomic E-state index is -0.355. The van der Waals surface area contributed by atoms with Gasteiger partial charge in [-0.3, -0.25) is 4.79 Å². The van der Waals surface area contributed by atoms with E-state index in [9.17, 15) is 9.59 Å². The second-order valence-corrected chi connectivity index (χ2v) is 5.06. The van der Waals surface area contributed by atoms with Crippen molar-refractivity contribution in [1.29, 1.82) is 0 Å². The molecule has 1 aromatic rings. The molecule has 1 heterocycles. The van der Waals surface area contributed by atoms with Crippen molar-refractivity contribution in [3.8, 4) is 0 Å². The molecule has 0 radical (unpaired) electrons. The first-order valence-electron chi connectivity index (χ1n) is 6.82. The monoisotopic (exact) mass is 276 g/mol. The highest BCUT2D eigenvalue weighted by Crippen LogP contribution is 2.21. The van der Waals surface area contributed by atoms with Gasteiger partial charge in [-0.15, -0.1) is 0 Å². The molecule has 0 spiro atoms. The van der Waals surface area contributed by atoms with Crippen LogP contribution < -0.4 is 10.6 Å². The van der Waals surface area contributed by atoms with Gasteiger partial charge in [-0.2, -0.15) is 0 Å². The Morgan fingerprint density at radius 1 is 1.45 bits per heavy atom. The van der Waals surface area contributed by atoms with Crippen LogP contribution in [-0.4, -0.2) is 31.6 Å². The van der Waals surface area contributed by atoms with E-state index in [4.69, 9.17) is 4.74 Å². The van der Waals surface area contributed by atoms with E-state index in [1.807, 2.05) is 13.0 Å². The second kappa shape index (κ2) is 6.41. The maximum atomic E-state index is 11.6. The van der Waals surface area contributed by atoms with Gasteiger partial charge in [0.2, 0.25) is 5.91 Å². The fourth-order valence-electron chi connectivity index (χ4n) is 2.34. The van der Waals surface area contributed by atoms with Crippen LogP contribution in [0.25, 0.3) is 0 Å². The van der Waals surface area contributed by atoms with Crippen molar-refractivity contribution in [2.75, 3.05) is 19.0 Å². The molecule has 5 nitrogen and oxygen atoms in total. The van der Waals surface area contributed by atoms with Crippen molar-refractivity contribution in [3.05, 3.63) is 29.3 Å². The molecule has 1 aliphatic rings. The summed E-state index contributed by atoms with van der Waals surface area (Å²) in [5.74, 6) is -0.284. The van der Waals surface area contributed by atoms with Crippen molar-refractivity contribution < 1.29 is 14.3 Å². The third-order valence-electron chi connectivity index (χ3n) is 3.50. The van der Waals surface area contributed by atoms with E-state index in [0.717, 1.165) is 30.6 Å². The average Bonchev–Trinajstić information content (AvgIpc) is 2.64. The molecule has 1 amide bonds. The summed E-state index contributed by atoms with van der Waals surface area (Å²) in [6.45, 7) is 2.71. The summed E-state index contributed by atoms with van der Waals surface area (Å²) in [7, 11) is 1.37. The molecular weight excluding hydrogens is 256 g/mol. The number of anilines is 1. The van der Waals surface area contributed by atoms with E-state index >= 15 is 0 Å². The van der Waals surface area contributed by atoms with Crippen LogP contribution in [0.1, 0.15) is 35.2 Å². The number of nitrogens with one attached hydrogen (secondary N) is 2. The van der Waals surface area contributed by atoms with Crippen molar-refractivity contribution >= 4 is 17.6 Å². The quantitative estimate of drug-likeness (QED) is 0.827. The first kappa shape index (κ1) is 14.4. The van der Waals surface area contributed by atoms with Crippen LogP contribution in [0.4, 0.5) is 5.69 Å². The summed E-state index contributed by atoms with van der Waals surface area (Å²) in [6, 6.07) is 5.51. The molecule has 0 bridgehead atoms. The van der Waals surface area contributed by atoms with E-state index < -0.39 is 0 Å². The van der Waals surface area contributed by atoms with Gasteiger partial charge in [-0.1, -0.05) is 6.07 Å². The Hall–Kier alpha value is -2.04. The fraction of sp³-hybridized carbons (Fsp3) is 0.467. The lowest BCUT2D eigenvalue weighted by Crippen LogP contribution is -2.27. The molecule has 2 rings (SSSR count). The van der Waals surface area contributed by atoms with Gasteiger partial charge in [0.05, 0.1) is 12.7 Å². The number of benzene rings is 1. The minimum absolute atomic E-state index is 0.0711. The number of ether oxygens (including phenoxy) is 1. The van der Waals surface area contributed by atoms with E-state index in [0.29, 0.717) is 12.0 Å². The Bertz CT molecular complexity index is 514. The molecule has 0 aliphatic carbocycles. The molecule has 1 saturated heterocycles. The van der Waals surface area contributed by atoms with E-state index in [2.05, 4.69) is 10.6 Å². The van der Waals surface area contributed by atoms with Gasteiger partial charge in [0, 0.05) is 24.7 Å². The van der Waals surface area contributed by atoms with Crippen LogP contribution in [0.5, 0.6) is 0 Å². The van der Waals surface area contributed by atoms with Gasteiger partial charge in [0.15, 0.2) is 0 Å². The number of hydrogen-bond donors (Lipinski definition) is 2. The van der Waals surface area contributed by atoms with Crippen LogP contribution in [-0.2, 0) is 9.53 Å². The molecule has 1 unspecified atom stereocenters. The van der Waals surface area contributed by atoms with Gasteiger partial charge in [0.1, 0.15) is 0 Å². The normalized spacial score (nSPS) is 18.9. The molecule has 0 aromatic heterocycles. The Balaban J connectivity index is 2.15. The van der Waals surface area contributed by atoms with Crippen LogP contribution >= 0.6 is 0 Å². The number of carbonyl (C=O) groups excluding carboxylic acids is 2. The third-order valence-corrected chi connectivity index (χ3v) is 3.50. The van der Waals surface area contributed by atoms with Gasteiger partial charge >= 0.3 is 5.97 Å². The number of esters is 1. The highest BCUT2D eigenvalue weighted by atomic mass is 16.5. The lowest BCUT2D eigenvalue weighted by atomic mass is 10.1. The largest absolute Gasteiger partial charge is 0.465 e. The molecule has 1 atom stereocenters. The topological polar surface area (TPSA) is 67.4 Å². The van der Waals surface area contributed by atoms with Gasteiger partial charge < -0.3 is 15.4 Å². The predicted molar refractivity (Wildman–Crippen MR) is 76.8 cm³/mol. The van der Waals surface area contributed by atoms with E-state index in [1.165, 1.54) is 7.11 Å². The number of amides is 1. The molecule has 1 aromatic carbocycles. The Kier molecular flexibility index (Phi) is 4.61. The van der Waals surface area contributed by atoms with Crippen LogP contribution in [0.15, 0.2) is 18.2 Å². The Morgan fingerprint density at radius 2 is 2.25 bits per heavy atom. The van der Waals surface area contributed by atoms with Crippen molar-refractivity contribution in [2.24, 2.45) is 0 Å². The smallest absolute Gasteiger partial charge is 0.337 e. The minimum Gasteiger partial charge on any atom is -0.465 e. The highest BCUT2D eigenvalue weighted by molar-refractivity contribution is 5.90. The average molecular weight is 276 g/mol. The Labute approximate surface area is 118 Å². The first-order valence-corrected chi connectivity index (χ1v) is 6.82. The molecule has 5 heteroatoms. The van der Waals surface area contributed by atoms with Crippen LogP contribution in [0, 0.1) is 6.92 Å². The van der Waals surface area contributed by atoms with Crippen molar-refractivity contribution in [3.63, 3.8) is 0 Å². The SMILES string of the molecule is COC(=O)c1ccc(C)c(NC2CCCNC(=O)C2)c1. The summed E-state index contributed by atoms with van der Waals surface area (Å²) in [6.07, 6.45) is 2.35. The number of carbonyl (C=O) groups is 2. The van der Waals surface area contributed by atoms with Crippen LogP contribution in [0.3, 0.4) is 0 Å². The standard InChI is InChI=1S/C15H20N2O3/c1-10-5-6-11(15(19)20-2)8-13(10)17-12-4-3-7-16-14(18)9-12/h5-6,8,12,17H,3-4,7,9H2,1-2H3,(H,16,18). The summed E-state index contributed by atoms with van der Waals surface area (Å²) >= 11 is 0. The van der Waals surface area contributed by atoms with Crippen LogP contribution in [0.2, 0.25) is 0 Å². The number of aryl methyl sites for hydroxylation is 1. The molecule has 0 saturated carbocycles. The molecular formula is C15H20N2O3. The van der Waals surface area contributed by atoms with Gasteiger partial charge in [-0.05, 0) is 37.5 Å². The van der Waals surface area contributed by atoms with E-state index in [1.54, 1.807) is 12.1 Å². The maximum Gasteiger partial charge on any atom is 0.337 e. The fourth-order valence-corrected chi connectivity index (χ4v) is 2.34. The van der Waals surface area contributed by atoms with Crippen molar-refractivity contribution in [1.82, 2.24) is 5.32 Å². The zero-order valence-corrected chi connectivity index (χ0v) is 11.9. The maximum absolute atomic E-state index is 11.6. The third kappa shape index (κ3) is 3.50. The summed E-state index contributed by atoms with van der Waals surface area (Å²) < 4.78 is 4.73. The zero-order chi connectivity index (χ0) is 14.5. The molecule has 108 valence electrons. The number of methoxy groups -OCH3 is 1. The zero-order valence-electron chi connectivity index (χ0n) is 11.9. The summed E-state index contributed by atoms with van der Waals surface area (Å²) in [5.41, 5.74) is 2.44. The summed E-state index contributed by atoms with van der Waals surface area (Å²) in [4.78, 5) is 23.1. The molecule has 20 heavy (non-hydrogen) atoms. The molecule has 2 N–H and O–H groups in total. The number of hydrogen-bond acceptors (Lipinski definition) is 4. The predicted octanol–water partition coefficient (Wildman–Crippen LogP) is 1.86.